The highest BCUT2D eigenvalue weighted by Crippen LogP contribution is 2.27. The summed E-state index contributed by atoms with van der Waals surface area (Å²) in [6, 6.07) is 20.8. The van der Waals surface area contributed by atoms with Crippen molar-refractivity contribution in [3.05, 3.63) is 71.8 Å². The number of nitrogens with zero attached hydrogens (tertiary/aromatic N) is 2. The van der Waals surface area contributed by atoms with Gasteiger partial charge in [0.25, 0.3) is 0 Å². The molecule has 0 unspecified atom stereocenters. The first-order chi connectivity index (χ1) is 11.4. The van der Waals surface area contributed by atoms with Gasteiger partial charge in [-0.2, -0.15) is 5.06 Å². The SMILES string of the molecule is NCCN1CCN(OC(c2ccccc2)c2ccccc2)CC1. The van der Waals surface area contributed by atoms with Crippen LogP contribution in [0.25, 0.3) is 0 Å². The highest BCUT2D eigenvalue weighted by Gasteiger charge is 2.22. The Hall–Kier alpha value is -1.72. The number of hydrogen-bond donors (Lipinski definition) is 1. The van der Waals surface area contributed by atoms with Crippen molar-refractivity contribution in [3.63, 3.8) is 0 Å². The van der Waals surface area contributed by atoms with Crippen LogP contribution in [0.4, 0.5) is 0 Å². The van der Waals surface area contributed by atoms with E-state index < -0.39 is 0 Å². The van der Waals surface area contributed by atoms with Gasteiger partial charge >= 0.3 is 0 Å². The summed E-state index contributed by atoms with van der Waals surface area (Å²) in [6.45, 7) is 5.53. The zero-order chi connectivity index (χ0) is 15.9. The lowest BCUT2D eigenvalue weighted by molar-refractivity contribution is -0.203. The molecule has 1 aliphatic rings. The molecule has 1 fully saturated rings. The van der Waals surface area contributed by atoms with E-state index in [2.05, 4.69) is 58.5 Å². The predicted octanol–water partition coefficient (Wildman–Crippen LogP) is 2.28. The first kappa shape index (κ1) is 16.1. The lowest BCUT2D eigenvalue weighted by Crippen LogP contribution is -2.47. The van der Waals surface area contributed by atoms with Crippen molar-refractivity contribution in [2.45, 2.75) is 6.10 Å². The van der Waals surface area contributed by atoms with Crippen LogP contribution in [0.3, 0.4) is 0 Å². The third-order valence-electron chi connectivity index (χ3n) is 4.24. The van der Waals surface area contributed by atoms with Crippen LogP contribution in [-0.4, -0.2) is 49.2 Å². The number of rotatable bonds is 6. The molecule has 1 saturated heterocycles. The third kappa shape index (κ3) is 4.39. The van der Waals surface area contributed by atoms with E-state index in [0.717, 1.165) is 39.3 Å². The summed E-state index contributed by atoms with van der Waals surface area (Å²) in [6.07, 6.45) is -0.0570. The first-order valence-corrected chi connectivity index (χ1v) is 8.31. The number of benzene rings is 2. The molecule has 3 rings (SSSR count). The monoisotopic (exact) mass is 311 g/mol. The van der Waals surface area contributed by atoms with Gasteiger partial charge in [0.15, 0.2) is 0 Å². The van der Waals surface area contributed by atoms with E-state index >= 15 is 0 Å². The Bertz CT molecular complexity index is 528. The van der Waals surface area contributed by atoms with Gasteiger partial charge in [0, 0.05) is 39.3 Å². The number of hydrogen-bond acceptors (Lipinski definition) is 4. The molecule has 122 valence electrons. The summed E-state index contributed by atoms with van der Waals surface area (Å²) in [7, 11) is 0. The Kier molecular flexibility index (Phi) is 5.77. The summed E-state index contributed by atoms with van der Waals surface area (Å²) in [5, 5.41) is 2.09. The maximum atomic E-state index is 6.37. The van der Waals surface area contributed by atoms with E-state index in [0.29, 0.717) is 0 Å². The second-order valence-electron chi connectivity index (χ2n) is 5.87. The van der Waals surface area contributed by atoms with Crippen molar-refractivity contribution >= 4 is 0 Å². The maximum absolute atomic E-state index is 6.37. The van der Waals surface area contributed by atoms with Crippen molar-refractivity contribution in [1.82, 2.24) is 9.96 Å². The van der Waals surface area contributed by atoms with Crippen molar-refractivity contribution in [2.24, 2.45) is 5.73 Å². The van der Waals surface area contributed by atoms with Gasteiger partial charge in [0.1, 0.15) is 6.10 Å². The fourth-order valence-electron chi connectivity index (χ4n) is 2.96. The van der Waals surface area contributed by atoms with E-state index in [-0.39, 0.29) is 6.10 Å². The zero-order valence-corrected chi connectivity index (χ0v) is 13.5. The minimum absolute atomic E-state index is 0.0570. The fraction of sp³-hybridized carbons (Fsp3) is 0.368. The third-order valence-corrected chi connectivity index (χ3v) is 4.24. The molecule has 0 atom stereocenters. The highest BCUT2D eigenvalue weighted by molar-refractivity contribution is 5.29. The molecule has 4 heteroatoms. The van der Waals surface area contributed by atoms with Crippen LogP contribution in [0.5, 0.6) is 0 Å². The number of piperazine rings is 1. The molecule has 2 aromatic rings. The molecule has 1 heterocycles. The van der Waals surface area contributed by atoms with Gasteiger partial charge in [-0.15, -0.1) is 0 Å². The molecular weight excluding hydrogens is 286 g/mol. The normalized spacial score (nSPS) is 16.8. The summed E-state index contributed by atoms with van der Waals surface area (Å²) >= 11 is 0. The van der Waals surface area contributed by atoms with Crippen LogP contribution in [-0.2, 0) is 4.84 Å². The number of hydroxylamine groups is 2. The Balaban J connectivity index is 1.70. The molecule has 4 nitrogen and oxygen atoms in total. The van der Waals surface area contributed by atoms with Crippen LogP contribution >= 0.6 is 0 Å². The molecule has 0 aromatic heterocycles. The van der Waals surface area contributed by atoms with Crippen molar-refractivity contribution in [2.75, 3.05) is 39.3 Å². The zero-order valence-electron chi connectivity index (χ0n) is 13.5. The van der Waals surface area contributed by atoms with Gasteiger partial charge < -0.3 is 5.73 Å². The standard InChI is InChI=1S/C19H25N3O/c20-11-12-21-13-15-22(16-14-21)23-19(17-7-3-1-4-8-17)18-9-5-2-6-10-18/h1-10,19H,11-16,20H2. The minimum atomic E-state index is -0.0570. The lowest BCUT2D eigenvalue weighted by Gasteiger charge is -2.36. The van der Waals surface area contributed by atoms with Gasteiger partial charge in [-0.05, 0) is 11.1 Å². The van der Waals surface area contributed by atoms with Gasteiger partial charge in [0.05, 0.1) is 0 Å². The van der Waals surface area contributed by atoms with E-state index in [1.54, 1.807) is 0 Å². The first-order valence-electron chi connectivity index (χ1n) is 8.31. The second-order valence-corrected chi connectivity index (χ2v) is 5.87. The summed E-state index contributed by atoms with van der Waals surface area (Å²) in [5.74, 6) is 0. The van der Waals surface area contributed by atoms with Gasteiger partial charge in [-0.3, -0.25) is 9.74 Å². The van der Waals surface area contributed by atoms with Crippen LogP contribution in [0, 0.1) is 0 Å². The van der Waals surface area contributed by atoms with E-state index in [1.165, 1.54) is 11.1 Å². The average molecular weight is 311 g/mol. The minimum Gasteiger partial charge on any atom is -0.329 e. The topological polar surface area (TPSA) is 41.7 Å². The molecule has 0 radical (unpaired) electrons. The smallest absolute Gasteiger partial charge is 0.129 e. The molecule has 0 bridgehead atoms. The Labute approximate surface area is 138 Å². The van der Waals surface area contributed by atoms with Crippen LogP contribution in [0.2, 0.25) is 0 Å². The average Bonchev–Trinajstić information content (AvgIpc) is 2.63. The molecular formula is C19H25N3O. The molecule has 0 spiro atoms. The van der Waals surface area contributed by atoms with Gasteiger partial charge in [-0.25, -0.2) is 0 Å². The molecule has 0 saturated carbocycles. The molecule has 2 N–H and O–H groups in total. The van der Waals surface area contributed by atoms with Crippen LogP contribution in [0.1, 0.15) is 17.2 Å². The Morgan fingerprint density at radius 2 is 1.35 bits per heavy atom. The Morgan fingerprint density at radius 3 is 1.83 bits per heavy atom. The van der Waals surface area contributed by atoms with E-state index in [4.69, 9.17) is 10.6 Å². The largest absolute Gasteiger partial charge is 0.329 e. The van der Waals surface area contributed by atoms with Crippen molar-refractivity contribution in [3.8, 4) is 0 Å². The second kappa shape index (κ2) is 8.22. The fourth-order valence-corrected chi connectivity index (χ4v) is 2.96. The van der Waals surface area contributed by atoms with Gasteiger partial charge in [0.2, 0.25) is 0 Å². The summed E-state index contributed by atoms with van der Waals surface area (Å²) in [5.41, 5.74) is 8.01. The summed E-state index contributed by atoms with van der Waals surface area (Å²) < 4.78 is 0. The maximum Gasteiger partial charge on any atom is 0.129 e. The van der Waals surface area contributed by atoms with Crippen molar-refractivity contribution in [1.29, 1.82) is 0 Å². The van der Waals surface area contributed by atoms with E-state index in [9.17, 15) is 0 Å². The molecule has 23 heavy (non-hydrogen) atoms. The lowest BCUT2D eigenvalue weighted by atomic mass is 10.0. The van der Waals surface area contributed by atoms with E-state index in [1.807, 2.05) is 12.1 Å². The molecule has 0 amide bonds. The van der Waals surface area contributed by atoms with Crippen LogP contribution in [0.15, 0.2) is 60.7 Å². The summed E-state index contributed by atoms with van der Waals surface area (Å²) in [4.78, 5) is 8.75. The van der Waals surface area contributed by atoms with Gasteiger partial charge in [-0.1, -0.05) is 60.7 Å². The Morgan fingerprint density at radius 1 is 0.826 bits per heavy atom. The molecule has 0 aliphatic carbocycles. The predicted molar refractivity (Wildman–Crippen MR) is 92.9 cm³/mol. The highest BCUT2D eigenvalue weighted by atomic mass is 16.7. The number of nitrogens with two attached hydrogens (primary N) is 1. The quantitative estimate of drug-likeness (QED) is 0.889. The molecule has 1 aliphatic heterocycles. The van der Waals surface area contributed by atoms with Crippen molar-refractivity contribution < 1.29 is 4.84 Å². The van der Waals surface area contributed by atoms with Crippen LogP contribution < -0.4 is 5.73 Å². The molecule has 2 aromatic carbocycles.